The Morgan fingerprint density at radius 2 is 1.86 bits per heavy atom. The second-order valence-electron chi connectivity index (χ2n) is 6.59. The molecular formula is C18H25N3O7S. The van der Waals surface area contributed by atoms with Gasteiger partial charge in [0, 0.05) is 19.6 Å². The summed E-state index contributed by atoms with van der Waals surface area (Å²) in [6.45, 7) is 5.34. The molecule has 1 fully saturated rings. The van der Waals surface area contributed by atoms with Crippen LogP contribution in [0, 0.1) is 0 Å². The van der Waals surface area contributed by atoms with Gasteiger partial charge in [-0.1, -0.05) is 6.07 Å². The first-order valence-electron chi connectivity index (χ1n) is 9.14. The first-order valence-corrected chi connectivity index (χ1v) is 10.6. The molecule has 1 heterocycles. The number of amides is 3. The lowest BCUT2D eigenvalue weighted by molar-refractivity contribution is -0.123. The van der Waals surface area contributed by atoms with Crippen molar-refractivity contribution in [2.75, 3.05) is 26.2 Å². The lowest BCUT2D eigenvalue weighted by atomic mass is 10.2. The summed E-state index contributed by atoms with van der Waals surface area (Å²) in [7, 11) is -3.82. The van der Waals surface area contributed by atoms with Crippen molar-refractivity contribution in [3.8, 4) is 0 Å². The van der Waals surface area contributed by atoms with E-state index in [9.17, 15) is 22.8 Å². The fourth-order valence-electron chi connectivity index (χ4n) is 2.84. The number of benzene rings is 1. The minimum absolute atomic E-state index is 0.0220. The van der Waals surface area contributed by atoms with E-state index in [1.54, 1.807) is 20.8 Å². The molecule has 2 unspecified atom stereocenters. The number of nitrogens with one attached hydrogen (secondary N) is 2. The van der Waals surface area contributed by atoms with Crippen LogP contribution in [0.4, 0.5) is 4.79 Å². The Morgan fingerprint density at radius 3 is 2.48 bits per heavy atom. The lowest BCUT2D eigenvalue weighted by Gasteiger charge is -2.34. The number of imide groups is 1. The van der Waals surface area contributed by atoms with E-state index >= 15 is 0 Å². The van der Waals surface area contributed by atoms with E-state index in [-0.39, 0.29) is 35.8 Å². The van der Waals surface area contributed by atoms with Gasteiger partial charge in [-0.25, -0.2) is 18.0 Å². The van der Waals surface area contributed by atoms with Gasteiger partial charge in [0.1, 0.15) is 0 Å². The van der Waals surface area contributed by atoms with Crippen molar-refractivity contribution < 1.29 is 32.3 Å². The molecule has 0 spiro atoms. The van der Waals surface area contributed by atoms with Crippen LogP contribution in [0.2, 0.25) is 0 Å². The zero-order chi connectivity index (χ0) is 21.6. The number of hydrogen-bond acceptors (Lipinski definition) is 7. The van der Waals surface area contributed by atoms with Gasteiger partial charge in [0.05, 0.1) is 22.7 Å². The first kappa shape index (κ1) is 22.8. The molecule has 29 heavy (non-hydrogen) atoms. The van der Waals surface area contributed by atoms with E-state index in [0.717, 1.165) is 0 Å². The molecule has 0 aliphatic carbocycles. The summed E-state index contributed by atoms with van der Waals surface area (Å²) >= 11 is 0. The molecule has 2 atom stereocenters. The van der Waals surface area contributed by atoms with Gasteiger partial charge in [-0.3, -0.25) is 10.1 Å². The standard InChI is InChI=1S/C18H25N3O7S/c1-4-19-18(24)20-16(22)11-27-17(23)14-6-5-7-15(8-14)29(25,26)21-9-12(2)28-13(3)10-21/h5-8,12-13H,4,9-11H2,1-3H3,(H2,19,20,22,24). The second kappa shape index (κ2) is 9.81. The van der Waals surface area contributed by atoms with Gasteiger partial charge < -0.3 is 14.8 Å². The maximum absolute atomic E-state index is 12.9. The predicted octanol–water partition coefficient (Wildman–Crippen LogP) is 0.487. The van der Waals surface area contributed by atoms with Crippen LogP contribution >= 0.6 is 0 Å². The zero-order valence-corrected chi connectivity index (χ0v) is 17.3. The van der Waals surface area contributed by atoms with Crippen LogP contribution in [-0.2, 0) is 24.3 Å². The van der Waals surface area contributed by atoms with Crippen molar-refractivity contribution >= 4 is 27.9 Å². The number of hydrogen-bond donors (Lipinski definition) is 2. The molecule has 0 saturated carbocycles. The van der Waals surface area contributed by atoms with Gasteiger partial charge in [0.15, 0.2) is 6.61 Å². The van der Waals surface area contributed by atoms with Gasteiger partial charge in [-0.05, 0) is 39.0 Å². The average Bonchev–Trinajstić information content (AvgIpc) is 2.65. The van der Waals surface area contributed by atoms with E-state index < -0.39 is 34.5 Å². The molecule has 0 aromatic heterocycles. The smallest absolute Gasteiger partial charge is 0.338 e. The highest BCUT2D eigenvalue weighted by molar-refractivity contribution is 7.89. The Morgan fingerprint density at radius 1 is 1.21 bits per heavy atom. The van der Waals surface area contributed by atoms with Crippen molar-refractivity contribution in [2.24, 2.45) is 0 Å². The molecule has 3 amide bonds. The molecule has 0 radical (unpaired) electrons. The molecule has 0 bridgehead atoms. The van der Waals surface area contributed by atoms with E-state index in [0.29, 0.717) is 6.54 Å². The minimum Gasteiger partial charge on any atom is -0.452 e. The quantitative estimate of drug-likeness (QED) is 0.632. The number of carbonyl (C=O) groups is 3. The SMILES string of the molecule is CCNC(=O)NC(=O)COC(=O)c1cccc(S(=O)(=O)N2CC(C)OC(C)C2)c1. The Balaban J connectivity index is 2.05. The summed E-state index contributed by atoms with van der Waals surface area (Å²) < 4.78 is 37.6. The van der Waals surface area contributed by atoms with Crippen molar-refractivity contribution in [3.63, 3.8) is 0 Å². The van der Waals surface area contributed by atoms with Crippen molar-refractivity contribution in [1.82, 2.24) is 14.9 Å². The van der Waals surface area contributed by atoms with Crippen molar-refractivity contribution in [2.45, 2.75) is 37.9 Å². The molecule has 1 aliphatic rings. The first-order chi connectivity index (χ1) is 13.6. The highest BCUT2D eigenvalue weighted by atomic mass is 32.2. The largest absolute Gasteiger partial charge is 0.452 e. The van der Waals surface area contributed by atoms with E-state index in [1.165, 1.54) is 28.6 Å². The summed E-state index contributed by atoms with van der Waals surface area (Å²) in [5.41, 5.74) is -0.0220. The van der Waals surface area contributed by atoms with Gasteiger partial charge in [-0.2, -0.15) is 4.31 Å². The number of ether oxygens (including phenoxy) is 2. The van der Waals surface area contributed by atoms with Gasteiger partial charge >= 0.3 is 12.0 Å². The summed E-state index contributed by atoms with van der Waals surface area (Å²) in [6.07, 6.45) is -0.491. The number of sulfonamides is 1. The molecule has 10 nitrogen and oxygen atoms in total. The van der Waals surface area contributed by atoms with Gasteiger partial charge in [-0.15, -0.1) is 0 Å². The molecule has 1 aromatic carbocycles. The Labute approximate surface area is 169 Å². The van der Waals surface area contributed by atoms with E-state index in [2.05, 4.69) is 5.32 Å². The minimum atomic E-state index is -3.82. The number of nitrogens with zero attached hydrogens (tertiary/aromatic N) is 1. The fourth-order valence-corrected chi connectivity index (χ4v) is 4.48. The third kappa shape index (κ3) is 6.24. The van der Waals surface area contributed by atoms with Gasteiger partial charge in [0.25, 0.3) is 5.91 Å². The fraction of sp³-hybridized carbons (Fsp3) is 0.500. The molecule has 2 N–H and O–H groups in total. The highest BCUT2D eigenvalue weighted by Gasteiger charge is 2.32. The number of carbonyl (C=O) groups excluding carboxylic acids is 3. The molecule has 1 aliphatic heterocycles. The summed E-state index contributed by atoms with van der Waals surface area (Å²) in [6, 6.07) is 4.69. The third-order valence-electron chi connectivity index (χ3n) is 4.02. The maximum atomic E-state index is 12.9. The Hall–Kier alpha value is -2.50. The molecule has 2 rings (SSSR count). The van der Waals surface area contributed by atoms with Crippen LogP contribution in [-0.4, -0.2) is 69.1 Å². The third-order valence-corrected chi connectivity index (χ3v) is 5.85. The number of morpholine rings is 1. The Kier molecular flexibility index (Phi) is 7.71. The molecule has 160 valence electrons. The number of rotatable bonds is 6. The predicted molar refractivity (Wildman–Crippen MR) is 103 cm³/mol. The summed E-state index contributed by atoms with van der Waals surface area (Å²) in [5, 5.41) is 4.36. The van der Waals surface area contributed by atoms with Crippen LogP contribution in [0.3, 0.4) is 0 Å². The summed E-state index contributed by atoms with van der Waals surface area (Å²) in [4.78, 5) is 35.0. The summed E-state index contributed by atoms with van der Waals surface area (Å²) in [5.74, 6) is -1.68. The number of esters is 1. The lowest BCUT2D eigenvalue weighted by Crippen LogP contribution is -2.48. The number of urea groups is 1. The topological polar surface area (TPSA) is 131 Å². The monoisotopic (exact) mass is 427 g/mol. The molecular weight excluding hydrogens is 402 g/mol. The molecule has 11 heteroatoms. The normalized spacial score (nSPS) is 20.0. The highest BCUT2D eigenvalue weighted by Crippen LogP contribution is 2.22. The van der Waals surface area contributed by atoms with Crippen molar-refractivity contribution in [1.29, 1.82) is 0 Å². The molecule has 1 saturated heterocycles. The van der Waals surface area contributed by atoms with Crippen LogP contribution in [0.15, 0.2) is 29.2 Å². The van der Waals surface area contributed by atoms with E-state index in [1.807, 2.05) is 5.32 Å². The van der Waals surface area contributed by atoms with Crippen LogP contribution in [0.1, 0.15) is 31.1 Å². The van der Waals surface area contributed by atoms with Gasteiger partial charge in [0.2, 0.25) is 10.0 Å². The van der Waals surface area contributed by atoms with Crippen LogP contribution in [0.25, 0.3) is 0 Å². The average molecular weight is 427 g/mol. The van der Waals surface area contributed by atoms with Crippen molar-refractivity contribution in [3.05, 3.63) is 29.8 Å². The zero-order valence-electron chi connectivity index (χ0n) is 16.5. The second-order valence-corrected chi connectivity index (χ2v) is 8.53. The van der Waals surface area contributed by atoms with E-state index in [4.69, 9.17) is 9.47 Å². The Bertz CT molecular complexity index is 862. The molecule has 1 aromatic rings. The van der Waals surface area contributed by atoms with Crippen LogP contribution in [0.5, 0.6) is 0 Å². The maximum Gasteiger partial charge on any atom is 0.338 e. The van der Waals surface area contributed by atoms with Crippen LogP contribution < -0.4 is 10.6 Å².